The maximum Gasteiger partial charge on any atom is 0.306 e. The summed E-state index contributed by atoms with van der Waals surface area (Å²) in [7, 11) is 4.49. The van der Waals surface area contributed by atoms with Crippen LogP contribution in [0.5, 0.6) is 17.2 Å². The van der Waals surface area contributed by atoms with E-state index in [9.17, 15) is 14.4 Å². The van der Waals surface area contributed by atoms with Gasteiger partial charge in [0.15, 0.2) is 23.9 Å². The summed E-state index contributed by atoms with van der Waals surface area (Å²) in [5.41, 5.74) is 0.917. The molecular weight excluding hydrogens is 378 g/mol. The van der Waals surface area contributed by atoms with E-state index in [0.717, 1.165) is 0 Å². The van der Waals surface area contributed by atoms with Gasteiger partial charge in [-0.2, -0.15) is 0 Å². The number of amides is 1. The molecule has 0 radical (unpaired) electrons. The van der Waals surface area contributed by atoms with Crippen molar-refractivity contribution in [2.75, 3.05) is 33.3 Å². The van der Waals surface area contributed by atoms with E-state index in [4.69, 9.17) is 18.9 Å². The van der Waals surface area contributed by atoms with Crippen molar-refractivity contribution in [1.82, 2.24) is 0 Å². The minimum Gasteiger partial charge on any atom is -0.497 e. The molecule has 0 fully saturated rings. The first-order valence-corrected chi connectivity index (χ1v) is 8.81. The van der Waals surface area contributed by atoms with E-state index in [1.54, 1.807) is 42.5 Å². The van der Waals surface area contributed by atoms with Crippen LogP contribution in [-0.4, -0.2) is 45.6 Å². The Morgan fingerprint density at radius 2 is 1.62 bits per heavy atom. The van der Waals surface area contributed by atoms with Crippen LogP contribution in [0.15, 0.2) is 42.5 Å². The molecule has 0 bridgehead atoms. The number of carbonyl (C=O) groups is 3. The van der Waals surface area contributed by atoms with Crippen LogP contribution < -0.4 is 19.5 Å². The summed E-state index contributed by atoms with van der Waals surface area (Å²) in [6, 6.07) is 11.6. The lowest BCUT2D eigenvalue weighted by Gasteiger charge is -2.09. The van der Waals surface area contributed by atoms with Crippen LogP contribution in [0.2, 0.25) is 0 Å². The highest BCUT2D eigenvalue weighted by molar-refractivity contribution is 5.98. The fraction of sp³-hybridized carbons (Fsp3) is 0.286. The first kappa shape index (κ1) is 21.7. The highest BCUT2D eigenvalue weighted by Crippen LogP contribution is 2.28. The standard InChI is InChI=1S/C21H23NO7/c1-26-16-6-4-5-15(12-16)22-20(24)13-29-21(25)10-8-17(23)14-7-9-18(27-2)19(11-14)28-3/h4-7,9,11-12H,8,10,13H2,1-3H3,(H,22,24). The lowest BCUT2D eigenvalue weighted by Crippen LogP contribution is -2.21. The molecule has 0 spiro atoms. The number of hydrogen-bond acceptors (Lipinski definition) is 7. The van der Waals surface area contributed by atoms with Crippen LogP contribution in [0.25, 0.3) is 0 Å². The Morgan fingerprint density at radius 1 is 0.862 bits per heavy atom. The number of rotatable bonds is 10. The van der Waals surface area contributed by atoms with Gasteiger partial charge in [-0.25, -0.2) is 0 Å². The van der Waals surface area contributed by atoms with Gasteiger partial charge >= 0.3 is 5.97 Å². The maximum absolute atomic E-state index is 12.3. The summed E-state index contributed by atoms with van der Waals surface area (Å²) < 4.78 is 20.3. The van der Waals surface area contributed by atoms with Crippen LogP contribution in [0.1, 0.15) is 23.2 Å². The quantitative estimate of drug-likeness (QED) is 0.483. The highest BCUT2D eigenvalue weighted by atomic mass is 16.5. The molecule has 0 aromatic heterocycles. The van der Waals surface area contributed by atoms with Crippen LogP contribution in [0.3, 0.4) is 0 Å². The van der Waals surface area contributed by atoms with E-state index < -0.39 is 18.5 Å². The van der Waals surface area contributed by atoms with E-state index in [-0.39, 0.29) is 18.6 Å². The van der Waals surface area contributed by atoms with Crippen molar-refractivity contribution in [2.45, 2.75) is 12.8 Å². The molecular formula is C21H23NO7. The van der Waals surface area contributed by atoms with Gasteiger partial charge in [0.1, 0.15) is 5.75 Å². The Hall–Kier alpha value is -3.55. The molecule has 154 valence electrons. The van der Waals surface area contributed by atoms with E-state index >= 15 is 0 Å². The maximum atomic E-state index is 12.3. The summed E-state index contributed by atoms with van der Waals surface area (Å²) in [5.74, 6) is 0.148. The molecule has 2 aromatic rings. The Labute approximate surface area is 168 Å². The second-order valence-corrected chi connectivity index (χ2v) is 5.93. The number of carbonyl (C=O) groups excluding carboxylic acids is 3. The predicted octanol–water partition coefficient (Wildman–Crippen LogP) is 2.86. The topological polar surface area (TPSA) is 100 Å². The molecule has 2 rings (SSSR count). The van der Waals surface area contributed by atoms with E-state index in [1.165, 1.54) is 21.3 Å². The molecule has 8 nitrogen and oxygen atoms in total. The SMILES string of the molecule is COc1cccc(NC(=O)COC(=O)CCC(=O)c2ccc(OC)c(OC)c2)c1. The fourth-order valence-electron chi connectivity index (χ4n) is 2.49. The number of ether oxygens (including phenoxy) is 4. The van der Waals surface area contributed by atoms with Crippen molar-refractivity contribution < 1.29 is 33.3 Å². The third-order valence-corrected chi connectivity index (χ3v) is 3.98. The van der Waals surface area contributed by atoms with Crippen molar-refractivity contribution in [3.05, 3.63) is 48.0 Å². The predicted molar refractivity (Wildman–Crippen MR) is 106 cm³/mol. The van der Waals surface area contributed by atoms with Crippen molar-refractivity contribution in [1.29, 1.82) is 0 Å². The molecule has 0 saturated heterocycles. The molecule has 0 atom stereocenters. The van der Waals surface area contributed by atoms with Gasteiger partial charge in [-0.15, -0.1) is 0 Å². The second kappa shape index (κ2) is 10.7. The fourth-order valence-corrected chi connectivity index (χ4v) is 2.49. The van der Waals surface area contributed by atoms with E-state index in [1.807, 2.05) is 0 Å². The zero-order chi connectivity index (χ0) is 21.2. The van der Waals surface area contributed by atoms with Crippen molar-refractivity contribution in [3.8, 4) is 17.2 Å². The molecule has 1 amide bonds. The number of methoxy groups -OCH3 is 3. The number of esters is 1. The van der Waals surface area contributed by atoms with Gasteiger partial charge in [0.2, 0.25) is 0 Å². The number of ketones is 1. The monoisotopic (exact) mass is 401 g/mol. The normalized spacial score (nSPS) is 10.0. The third kappa shape index (κ3) is 6.53. The summed E-state index contributed by atoms with van der Waals surface area (Å²) in [6.45, 7) is -0.444. The van der Waals surface area contributed by atoms with Crippen molar-refractivity contribution in [3.63, 3.8) is 0 Å². The molecule has 29 heavy (non-hydrogen) atoms. The van der Waals surface area contributed by atoms with Crippen LogP contribution in [0.4, 0.5) is 5.69 Å². The number of nitrogens with one attached hydrogen (secondary N) is 1. The minimum atomic E-state index is -0.639. The van der Waals surface area contributed by atoms with E-state index in [2.05, 4.69) is 5.32 Å². The molecule has 0 heterocycles. The average molecular weight is 401 g/mol. The summed E-state index contributed by atoms with van der Waals surface area (Å²) in [5, 5.41) is 2.60. The number of anilines is 1. The molecule has 1 N–H and O–H groups in total. The molecule has 0 aliphatic rings. The minimum absolute atomic E-state index is 0.0498. The molecule has 2 aromatic carbocycles. The largest absolute Gasteiger partial charge is 0.497 e. The van der Waals surface area contributed by atoms with Crippen LogP contribution >= 0.6 is 0 Å². The third-order valence-electron chi connectivity index (χ3n) is 3.98. The summed E-state index contributed by atoms with van der Waals surface area (Å²) in [4.78, 5) is 36.0. The first-order valence-electron chi connectivity index (χ1n) is 8.81. The lowest BCUT2D eigenvalue weighted by atomic mass is 10.1. The average Bonchev–Trinajstić information content (AvgIpc) is 2.75. The Kier molecular flexibility index (Phi) is 8.02. The van der Waals surface area contributed by atoms with E-state index in [0.29, 0.717) is 28.5 Å². The van der Waals surface area contributed by atoms with Gasteiger partial charge in [0.05, 0.1) is 27.8 Å². The molecule has 0 saturated carbocycles. The van der Waals surface area contributed by atoms with Crippen LogP contribution in [0, 0.1) is 0 Å². The molecule has 8 heteroatoms. The van der Waals surface area contributed by atoms with Gasteiger partial charge in [-0.3, -0.25) is 14.4 Å². The second-order valence-electron chi connectivity index (χ2n) is 5.93. The van der Waals surface area contributed by atoms with Crippen molar-refractivity contribution >= 4 is 23.3 Å². The number of hydrogen-bond donors (Lipinski definition) is 1. The zero-order valence-electron chi connectivity index (χ0n) is 16.5. The van der Waals surface area contributed by atoms with Crippen molar-refractivity contribution in [2.24, 2.45) is 0 Å². The Morgan fingerprint density at radius 3 is 2.31 bits per heavy atom. The van der Waals surface area contributed by atoms with Gasteiger partial charge in [-0.1, -0.05) is 6.07 Å². The van der Waals surface area contributed by atoms with Gasteiger partial charge in [-0.05, 0) is 30.3 Å². The van der Waals surface area contributed by atoms with Gasteiger partial charge in [0, 0.05) is 23.7 Å². The summed E-state index contributed by atoms with van der Waals surface area (Å²) in [6.07, 6.45) is -0.189. The summed E-state index contributed by atoms with van der Waals surface area (Å²) >= 11 is 0. The Bertz CT molecular complexity index is 879. The van der Waals surface area contributed by atoms with Gasteiger partial charge in [0.25, 0.3) is 5.91 Å². The molecule has 0 aliphatic carbocycles. The smallest absolute Gasteiger partial charge is 0.306 e. The highest BCUT2D eigenvalue weighted by Gasteiger charge is 2.14. The molecule has 0 aliphatic heterocycles. The molecule has 0 unspecified atom stereocenters. The zero-order valence-corrected chi connectivity index (χ0v) is 16.5. The number of benzene rings is 2. The van der Waals surface area contributed by atoms with Gasteiger partial charge < -0.3 is 24.3 Å². The lowest BCUT2D eigenvalue weighted by molar-refractivity contribution is -0.147. The number of Topliss-reactive ketones (excluding diaryl/α,β-unsaturated/α-hetero) is 1. The van der Waals surface area contributed by atoms with Crippen LogP contribution in [-0.2, 0) is 14.3 Å². The Balaban J connectivity index is 1.79. The first-order chi connectivity index (χ1) is 14.0.